The summed E-state index contributed by atoms with van der Waals surface area (Å²) < 4.78 is 12.9. The summed E-state index contributed by atoms with van der Waals surface area (Å²) in [5.74, 6) is 1.53. The van der Waals surface area contributed by atoms with E-state index in [0.29, 0.717) is 44.5 Å². The number of hydrogen-bond donors (Lipinski definition) is 2. The molecule has 2 aromatic heterocycles. The van der Waals surface area contributed by atoms with Crippen molar-refractivity contribution in [2.24, 2.45) is 0 Å². The highest BCUT2D eigenvalue weighted by Gasteiger charge is 2.18. The van der Waals surface area contributed by atoms with Gasteiger partial charge < -0.3 is 25.0 Å². The number of urea groups is 1. The molecule has 2 aromatic carbocycles. The van der Waals surface area contributed by atoms with Gasteiger partial charge in [0.1, 0.15) is 5.52 Å². The second-order valence-corrected chi connectivity index (χ2v) is 8.19. The van der Waals surface area contributed by atoms with Crippen LogP contribution in [0.4, 0.5) is 16.3 Å². The van der Waals surface area contributed by atoms with Crippen molar-refractivity contribution in [3.8, 4) is 11.4 Å². The molecule has 3 heterocycles. The molecule has 5 rings (SSSR count). The van der Waals surface area contributed by atoms with Crippen LogP contribution in [0.5, 0.6) is 0 Å². The minimum atomic E-state index is -0.277. The van der Waals surface area contributed by atoms with Gasteiger partial charge in [0.05, 0.1) is 26.4 Å². The van der Waals surface area contributed by atoms with Gasteiger partial charge in [-0.15, -0.1) is 5.10 Å². The van der Waals surface area contributed by atoms with E-state index >= 15 is 0 Å². The van der Waals surface area contributed by atoms with Gasteiger partial charge in [-0.25, -0.2) is 14.3 Å². The number of nitrogens with zero attached hydrogens (tertiary/aromatic N) is 4. The van der Waals surface area contributed by atoms with Gasteiger partial charge >= 0.3 is 6.03 Å². The summed E-state index contributed by atoms with van der Waals surface area (Å²) in [4.78, 5) is 19.3. The van der Waals surface area contributed by atoms with Gasteiger partial charge in [-0.3, -0.25) is 0 Å². The minimum Gasteiger partial charge on any atom is -0.378 e. The zero-order chi connectivity index (χ0) is 23.9. The average Bonchev–Trinajstić information content (AvgIpc) is 3.38. The average molecular weight is 473 g/mol. The van der Waals surface area contributed by atoms with E-state index in [2.05, 4.69) is 20.6 Å². The van der Waals surface area contributed by atoms with Crippen LogP contribution in [0.2, 0.25) is 0 Å². The Morgan fingerprint density at radius 1 is 1.00 bits per heavy atom. The third-order valence-corrected chi connectivity index (χ3v) is 5.73. The molecule has 0 unspecified atom stereocenters. The summed E-state index contributed by atoms with van der Waals surface area (Å²) >= 11 is 0. The highest BCUT2D eigenvalue weighted by atomic mass is 16.5. The summed E-state index contributed by atoms with van der Waals surface area (Å²) in [6, 6.07) is 21.2. The molecule has 1 aliphatic rings. The molecule has 0 spiro atoms. The first kappa shape index (κ1) is 22.8. The molecular formula is C26H28N6O3. The lowest BCUT2D eigenvalue weighted by atomic mass is 10.2. The van der Waals surface area contributed by atoms with Crippen molar-refractivity contribution in [3.05, 3.63) is 78.5 Å². The zero-order valence-corrected chi connectivity index (χ0v) is 19.4. The third-order valence-electron chi connectivity index (χ3n) is 5.73. The Morgan fingerprint density at radius 2 is 1.80 bits per heavy atom. The lowest BCUT2D eigenvalue weighted by molar-refractivity contribution is 0.122. The lowest BCUT2D eigenvalue weighted by Gasteiger charge is -2.28. The first-order chi connectivity index (χ1) is 17.3. The summed E-state index contributed by atoms with van der Waals surface area (Å²) in [6.45, 7) is 4.36. The fourth-order valence-electron chi connectivity index (χ4n) is 3.93. The van der Waals surface area contributed by atoms with E-state index in [1.807, 2.05) is 77.4 Å². The number of morpholine rings is 1. The number of hydrogen-bond acceptors (Lipinski definition) is 6. The molecule has 9 nitrogen and oxygen atoms in total. The maximum atomic E-state index is 12.2. The predicted molar refractivity (Wildman–Crippen MR) is 135 cm³/mol. The molecular weight excluding hydrogens is 444 g/mol. The molecule has 4 aromatic rings. The molecule has 9 heteroatoms. The zero-order valence-electron chi connectivity index (χ0n) is 19.4. The van der Waals surface area contributed by atoms with Crippen molar-refractivity contribution in [1.29, 1.82) is 0 Å². The Morgan fingerprint density at radius 3 is 2.60 bits per heavy atom. The third kappa shape index (κ3) is 5.76. The normalized spacial score (nSPS) is 13.7. The van der Waals surface area contributed by atoms with Gasteiger partial charge in [-0.05, 0) is 42.0 Å². The van der Waals surface area contributed by atoms with Crippen molar-refractivity contribution >= 4 is 23.1 Å². The molecule has 0 saturated carbocycles. The van der Waals surface area contributed by atoms with Crippen molar-refractivity contribution in [2.75, 3.05) is 49.7 Å². The lowest BCUT2D eigenvalue weighted by Crippen LogP contribution is -2.37. The van der Waals surface area contributed by atoms with Gasteiger partial charge in [-0.2, -0.15) is 0 Å². The molecule has 180 valence electrons. The Hall–Kier alpha value is -3.95. The molecule has 0 radical (unpaired) electrons. The Bertz CT molecular complexity index is 1250. The van der Waals surface area contributed by atoms with Crippen molar-refractivity contribution < 1.29 is 14.3 Å². The fourth-order valence-corrected chi connectivity index (χ4v) is 3.93. The summed E-state index contributed by atoms with van der Waals surface area (Å²) in [7, 11) is 0. The highest BCUT2D eigenvalue weighted by Crippen LogP contribution is 2.25. The second kappa shape index (κ2) is 11.0. The van der Waals surface area contributed by atoms with E-state index in [1.54, 1.807) is 0 Å². The standard InChI is InChI=1S/C26H28N6O3/c33-26(27-12-16-35-19-20-5-2-1-3-6-20)28-22-10-8-21(9-11-22)24-29-25(31-14-17-34-18-15-31)23-7-4-13-32(23)30-24/h1-11,13H,12,14-19H2,(H2,27,28,33). The van der Waals surface area contributed by atoms with Crippen molar-refractivity contribution in [3.63, 3.8) is 0 Å². The second-order valence-electron chi connectivity index (χ2n) is 8.19. The molecule has 0 atom stereocenters. The summed E-state index contributed by atoms with van der Waals surface area (Å²) in [5, 5.41) is 10.3. The van der Waals surface area contributed by atoms with Crippen LogP contribution in [0.3, 0.4) is 0 Å². The number of amides is 2. The van der Waals surface area contributed by atoms with Crippen LogP contribution >= 0.6 is 0 Å². The number of carbonyl (C=O) groups is 1. The monoisotopic (exact) mass is 472 g/mol. The van der Waals surface area contributed by atoms with E-state index in [1.165, 1.54) is 0 Å². The maximum absolute atomic E-state index is 12.2. The highest BCUT2D eigenvalue weighted by molar-refractivity contribution is 5.89. The predicted octanol–water partition coefficient (Wildman–Crippen LogP) is 3.57. The topological polar surface area (TPSA) is 93.0 Å². The maximum Gasteiger partial charge on any atom is 0.319 e. The molecule has 35 heavy (non-hydrogen) atoms. The van der Waals surface area contributed by atoms with Crippen LogP contribution in [0.25, 0.3) is 16.9 Å². The van der Waals surface area contributed by atoms with Crippen LogP contribution in [-0.4, -0.2) is 60.1 Å². The van der Waals surface area contributed by atoms with Crippen LogP contribution in [-0.2, 0) is 16.1 Å². The number of nitrogens with one attached hydrogen (secondary N) is 2. The van der Waals surface area contributed by atoms with E-state index in [-0.39, 0.29) is 6.03 Å². The SMILES string of the molecule is O=C(NCCOCc1ccccc1)Nc1ccc(-c2nc(N3CCOCC3)c3cccn3n2)cc1. The number of fused-ring (bicyclic) bond motifs is 1. The summed E-state index contributed by atoms with van der Waals surface area (Å²) in [6.07, 6.45) is 1.92. The number of anilines is 2. The van der Waals surface area contributed by atoms with E-state index < -0.39 is 0 Å². The van der Waals surface area contributed by atoms with Gasteiger partial charge in [0.15, 0.2) is 11.6 Å². The van der Waals surface area contributed by atoms with Crippen LogP contribution in [0.15, 0.2) is 72.9 Å². The molecule has 2 N–H and O–H groups in total. The number of carbonyl (C=O) groups excluding carboxylic acids is 1. The first-order valence-electron chi connectivity index (χ1n) is 11.7. The van der Waals surface area contributed by atoms with Crippen LogP contribution < -0.4 is 15.5 Å². The molecule has 0 bridgehead atoms. The van der Waals surface area contributed by atoms with E-state index in [9.17, 15) is 4.79 Å². The molecule has 1 saturated heterocycles. The summed E-state index contributed by atoms with van der Waals surface area (Å²) in [5.41, 5.74) is 3.63. The first-order valence-corrected chi connectivity index (χ1v) is 11.7. The van der Waals surface area contributed by atoms with E-state index in [4.69, 9.17) is 14.5 Å². The fraction of sp³-hybridized carbons (Fsp3) is 0.269. The Balaban J connectivity index is 1.17. The Labute approximate surface area is 203 Å². The molecule has 2 amide bonds. The van der Waals surface area contributed by atoms with Gasteiger partial charge in [-0.1, -0.05) is 30.3 Å². The van der Waals surface area contributed by atoms with Crippen molar-refractivity contribution in [1.82, 2.24) is 19.9 Å². The van der Waals surface area contributed by atoms with E-state index in [0.717, 1.165) is 35.6 Å². The van der Waals surface area contributed by atoms with Crippen LogP contribution in [0, 0.1) is 0 Å². The smallest absolute Gasteiger partial charge is 0.319 e. The number of rotatable bonds is 8. The minimum absolute atomic E-state index is 0.277. The number of ether oxygens (including phenoxy) is 2. The molecule has 1 fully saturated rings. The largest absolute Gasteiger partial charge is 0.378 e. The quantitative estimate of drug-likeness (QED) is 0.381. The van der Waals surface area contributed by atoms with Gasteiger partial charge in [0.25, 0.3) is 0 Å². The van der Waals surface area contributed by atoms with Gasteiger partial charge in [0, 0.05) is 37.1 Å². The van der Waals surface area contributed by atoms with Crippen molar-refractivity contribution in [2.45, 2.75) is 6.61 Å². The molecule has 1 aliphatic heterocycles. The Kier molecular flexibility index (Phi) is 7.16. The van der Waals surface area contributed by atoms with Crippen LogP contribution in [0.1, 0.15) is 5.56 Å². The van der Waals surface area contributed by atoms with Gasteiger partial charge in [0.2, 0.25) is 0 Å². The number of benzene rings is 2. The molecule has 0 aliphatic carbocycles. The number of aromatic nitrogens is 3.